The molecule has 12 heteroatoms. The van der Waals surface area contributed by atoms with E-state index in [9.17, 15) is 27.6 Å². The van der Waals surface area contributed by atoms with Gasteiger partial charge in [-0.05, 0) is 61.0 Å². The average Bonchev–Trinajstić information content (AvgIpc) is 3.06. The second kappa shape index (κ2) is 15.9. The summed E-state index contributed by atoms with van der Waals surface area (Å²) in [5.74, 6) is -0.965. The molecule has 0 saturated carbocycles. The monoisotopic (exact) mass is 663 g/mol. The lowest BCUT2D eigenvalue weighted by atomic mass is 10.1. The van der Waals surface area contributed by atoms with Crippen molar-refractivity contribution >= 4 is 46.9 Å². The summed E-state index contributed by atoms with van der Waals surface area (Å²) in [6, 6.07) is 24.9. The highest BCUT2D eigenvalue weighted by atomic mass is 32.2. The van der Waals surface area contributed by atoms with Crippen LogP contribution in [0.5, 0.6) is 11.5 Å². The maximum Gasteiger partial charge on any atom is 0.418 e. The number of anilines is 2. The minimum absolute atomic E-state index is 0.0856. The van der Waals surface area contributed by atoms with Crippen LogP contribution in [-0.2, 0) is 15.8 Å². The molecule has 0 saturated heterocycles. The second-order valence-electron chi connectivity index (χ2n) is 9.99. The molecule has 47 heavy (non-hydrogen) atoms. The minimum Gasteiger partial charge on any atom is -0.493 e. The Morgan fingerprint density at radius 3 is 2.23 bits per heavy atom. The number of carbonyl (C=O) groups excluding carboxylic acids is 3. The number of thioether (sulfide) groups is 1. The fourth-order valence-corrected chi connectivity index (χ4v) is 5.52. The van der Waals surface area contributed by atoms with Gasteiger partial charge in [-0.25, -0.2) is 0 Å². The number of nitrogens with one attached hydrogen (secondary N) is 3. The summed E-state index contributed by atoms with van der Waals surface area (Å²) in [5.41, 5.74) is -0.183. The summed E-state index contributed by atoms with van der Waals surface area (Å²) in [5, 5.41) is 7.13. The zero-order chi connectivity index (χ0) is 34.0. The number of hydrogen-bond acceptors (Lipinski definition) is 6. The van der Waals surface area contributed by atoms with E-state index in [0.29, 0.717) is 39.6 Å². The van der Waals surface area contributed by atoms with Gasteiger partial charge in [-0.3, -0.25) is 14.4 Å². The first-order valence-corrected chi connectivity index (χ1v) is 15.3. The Bertz CT molecular complexity index is 1760. The molecule has 0 fully saturated rings. The molecule has 1 unspecified atom stereocenters. The molecule has 4 aromatic rings. The summed E-state index contributed by atoms with van der Waals surface area (Å²) in [6.45, 7) is 1.75. The quantitative estimate of drug-likeness (QED) is 0.106. The summed E-state index contributed by atoms with van der Waals surface area (Å²) in [6.07, 6.45) is -2.84. The van der Waals surface area contributed by atoms with Gasteiger partial charge in [-0.2, -0.15) is 13.2 Å². The molecule has 0 aliphatic heterocycles. The molecule has 8 nitrogen and oxygen atoms in total. The number of benzene rings is 4. The van der Waals surface area contributed by atoms with Crippen LogP contribution in [-0.4, -0.2) is 37.2 Å². The van der Waals surface area contributed by atoms with Crippen LogP contribution in [0, 0.1) is 0 Å². The molecule has 0 spiro atoms. The second-order valence-corrected chi connectivity index (χ2v) is 11.3. The van der Waals surface area contributed by atoms with Crippen molar-refractivity contribution in [3.8, 4) is 11.5 Å². The van der Waals surface area contributed by atoms with E-state index in [0.717, 1.165) is 17.8 Å². The minimum atomic E-state index is -4.63. The van der Waals surface area contributed by atoms with Gasteiger partial charge in [0.05, 0.1) is 30.7 Å². The third kappa shape index (κ3) is 9.17. The summed E-state index contributed by atoms with van der Waals surface area (Å²) < 4.78 is 51.2. The van der Waals surface area contributed by atoms with Gasteiger partial charge < -0.3 is 25.4 Å². The van der Waals surface area contributed by atoms with Crippen molar-refractivity contribution in [2.24, 2.45) is 0 Å². The van der Waals surface area contributed by atoms with Crippen molar-refractivity contribution in [2.45, 2.75) is 29.7 Å². The van der Waals surface area contributed by atoms with E-state index < -0.39 is 34.7 Å². The van der Waals surface area contributed by atoms with Crippen LogP contribution in [0.15, 0.2) is 108 Å². The SMILES string of the molecule is CCC(Sc1cccc(NC(=O)/C(=C\c2cccc(OC)c2OC)NC(=O)c2ccccc2)c1)C(=O)Nc1ccccc1C(F)(F)F. The molecule has 4 aromatic carbocycles. The maximum absolute atomic E-state index is 13.6. The number of halogens is 3. The molecule has 4 rings (SSSR count). The Hall–Kier alpha value is -5.23. The van der Waals surface area contributed by atoms with Crippen LogP contribution in [0.1, 0.15) is 34.8 Å². The number of amides is 3. The highest BCUT2D eigenvalue weighted by Gasteiger charge is 2.34. The van der Waals surface area contributed by atoms with Crippen molar-refractivity contribution in [3.05, 3.63) is 119 Å². The predicted molar refractivity (Wildman–Crippen MR) is 177 cm³/mol. The van der Waals surface area contributed by atoms with Crippen LogP contribution in [0.25, 0.3) is 6.08 Å². The lowest BCUT2D eigenvalue weighted by Gasteiger charge is -2.18. The van der Waals surface area contributed by atoms with Gasteiger partial charge in [0.25, 0.3) is 11.8 Å². The number of rotatable bonds is 12. The molecule has 0 aliphatic carbocycles. The zero-order valence-corrected chi connectivity index (χ0v) is 26.5. The molecule has 244 valence electrons. The third-order valence-electron chi connectivity index (χ3n) is 6.79. The van der Waals surface area contributed by atoms with Gasteiger partial charge in [0.2, 0.25) is 5.91 Å². The first-order valence-electron chi connectivity index (χ1n) is 14.4. The number of methoxy groups -OCH3 is 2. The molecule has 0 aromatic heterocycles. The Morgan fingerprint density at radius 1 is 0.851 bits per heavy atom. The Kier molecular flexibility index (Phi) is 11.7. The van der Waals surface area contributed by atoms with Gasteiger partial charge in [0, 0.05) is 21.7 Å². The van der Waals surface area contributed by atoms with E-state index in [1.165, 1.54) is 38.5 Å². The maximum atomic E-state index is 13.6. The fraction of sp³-hybridized carbons (Fsp3) is 0.171. The average molecular weight is 664 g/mol. The molecule has 3 N–H and O–H groups in total. The van der Waals surface area contributed by atoms with Crippen molar-refractivity contribution in [1.82, 2.24) is 5.32 Å². The number of ether oxygens (including phenoxy) is 2. The molecule has 0 heterocycles. The lowest BCUT2D eigenvalue weighted by molar-refractivity contribution is -0.137. The van der Waals surface area contributed by atoms with Crippen LogP contribution in [0.2, 0.25) is 0 Å². The zero-order valence-electron chi connectivity index (χ0n) is 25.7. The summed E-state index contributed by atoms with van der Waals surface area (Å²) in [4.78, 5) is 40.3. The Balaban J connectivity index is 1.56. The topological polar surface area (TPSA) is 106 Å². The summed E-state index contributed by atoms with van der Waals surface area (Å²) >= 11 is 1.14. The van der Waals surface area contributed by atoms with Gasteiger partial charge in [-0.1, -0.05) is 55.5 Å². The molecule has 0 radical (unpaired) electrons. The molecule has 0 aliphatic rings. The largest absolute Gasteiger partial charge is 0.493 e. The van der Waals surface area contributed by atoms with E-state index in [2.05, 4.69) is 16.0 Å². The Morgan fingerprint density at radius 2 is 1.55 bits per heavy atom. The summed E-state index contributed by atoms with van der Waals surface area (Å²) in [7, 11) is 2.94. The Labute approximate surface area is 274 Å². The first-order chi connectivity index (χ1) is 22.5. The third-order valence-corrected chi connectivity index (χ3v) is 8.14. The molecule has 1 atom stereocenters. The van der Waals surface area contributed by atoms with E-state index in [1.807, 2.05) is 0 Å². The normalized spacial score (nSPS) is 12.1. The van der Waals surface area contributed by atoms with E-state index >= 15 is 0 Å². The van der Waals surface area contributed by atoms with Gasteiger partial charge in [0.15, 0.2) is 11.5 Å². The molecular formula is C35H32F3N3O5S. The number of para-hydroxylation sites is 2. The van der Waals surface area contributed by atoms with Crippen LogP contribution in [0.4, 0.5) is 24.5 Å². The molecular weight excluding hydrogens is 631 g/mol. The lowest BCUT2D eigenvalue weighted by Crippen LogP contribution is -2.30. The van der Waals surface area contributed by atoms with E-state index in [1.54, 1.807) is 79.7 Å². The van der Waals surface area contributed by atoms with Gasteiger partial charge >= 0.3 is 6.18 Å². The van der Waals surface area contributed by atoms with Crippen molar-refractivity contribution < 1.29 is 37.0 Å². The number of alkyl halides is 3. The van der Waals surface area contributed by atoms with Crippen LogP contribution in [0.3, 0.4) is 0 Å². The van der Waals surface area contributed by atoms with Crippen LogP contribution < -0.4 is 25.4 Å². The smallest absolute Gasteiger partial charge is 0.418 e. The molecule has 3 amide bonds. The van der Waals surface area contributed by atoms with Gasteiger partial charge in [-0.15, -0.1) is 11.8 Å². The number of carbonyl (C=O) groups is 3. The number of hydrogen-bond donors (Lipinski definition) is 3. The highest BCUT2D eigenvalue weighted by Crippen LogP contribution is 2.36. The van der Waals surface area contributed by atoms with E-state index in [-0.39, 0.29) is 11.4 Å². The molecule has 0 bridgehead atoms. The highest BCUT2D eigenvalue weighted by molar-refractivity contribution is 8.00. The standard InChI is InChI=1S/C35H32F3N3O5S/c1-4-30(34(44)40-27-18-9-8-17-26(27)35(36,37)38)47-25-16-11-15-24(21-25)39-33(43)28(41-32(42)22-12-6-5-7-13-22)20-23-14-10-19-29(45-2)31(23)46-3/h5-21,30H,4H2,1-3H3,(H,39,43)(H,40,44)(H,41,42)/b28-20+. The van der Waals surface area contributed by atoms with Crippen molar-refractivity contribution in [1.29, 1.82) is 0 Å². The van der Waals surface area contributed by atoms with Crippen molar-refractivity contribution in [2.75, 3.05) is 24.9 Å². The first kappa shape index (κ1) is 34.6. The van der Waals surface area contributed by atoms with Crippen molar-refractivity contribution in [3.63, 3.8) is 0 Å². The predicted octanol–water partition coefficient (Wildman–Crippen LogP) is 7.64. The van der Waals surface area contributed by atoms with Crippen LogP contribution >= 0.6 is 11.8 Å². The van der Waals surface area contributed by atoms with Gasteiger partial charge in [0.1, 0.15) is 5.70 Å². The fourth-order valence-electron chi connectivity index (χ4n) is 4.51. The van der Waals surface area contributed by atoms with E-state index in [4.69, 9.17) is 9.47 Å².